The fourth-order valence-corrected chi connectivity index (χ4v) is 1.29. The lowest BCUT2D eigenvalue weighted by molar-refractivity contribution is -0.138. The van der Waals surface area contributed by atoms with Crippen LogP contribution < -0.4 is 5.32 Å². The van der Waals surface area contributed by atoms with Crippen molar-refractivity contribution in [1.82, 2.24) is 10.2 Å². The molecule has 2 atom stereocenters. The molecule has 0 radical (unpaired) electrons. The molecule has 5 nitrogen and oxygen atoms in total. The Kier molecular flexibility index (Phi) is 2.07. The van der Waals surface area contributed by atoms with Gasteiger partial charge in [0, 0.05) is 6.04 Å². The normalized spacial score (nSPS) is 24.4. The maximum absolute atomic E-state index is 10.5. The SMILES string of the molecule is Cc1ccc(NC2CC2C(=O)O)nn1. The van der Waals surface area contributed by atoms with Crippen LogP contribution in [0.2, 0.25) is 0 Å². The van der Waals surface area contributed by atoms with Crippen molar-refractivity contribution in [2.75, 3.05) is 5.32 Å². The number of aromatic nitrogens is 2. The molecule has 0 saturated heterocycles. The van der Waals surface area contributed by atoms with Gasteiger partial charge in [-0.05, 0) is 25.5 Å². The van der Waals surface area contributed by atoms with Gasteiger partial charge in [0.25, 0.3) is 0 Å². The van der Waals surface area contributed by atoms with E-state index in [4.69, 9.17) is 5.11 Å². The van der Waals surface area contributed by atoms with E-state index in [1.807, 2.05) is 13.0 Å². The third-order valence-electron chi connectivity index (χ3n) is 2.24. The largest absolute Gasteiger partial charge is 0.481 e. The summed E-state index contributed by atoms with van der Waals surface area (Å²) in [5, 5.41) is 19.5. The molecule has 2 N–H and O–H groups in total. The van der Waals surface area contributed by atoms with E-state index in [9.17, 15) is 4.79 Å². The molecule has 0 bridgehead atoms. The van der Waals surface area contributed by atoms with Gasteiger partial charge in [-0.3, -0.25) is 4.79 Å². The average molecular weight is 193 g/mol. The zero-order valence-corrected chi connectivity index (χ0v) is 7.77. The average Bonchev–Trinajstić information content (AvgIpc) is 2.88. The molecular formula is C9H11N3O2. The van der Waals surface area contributed by atoms with Gasteiger partial charge in [-0.15, -0.1) is 5.10 Å². The second-order valence-corrected chi connectivity index (χ2v) is 3.49. The molecular weight excluding hydrogens is 182 g/mol. The van der Waals surface area contributed by atoms with Gasteiger partial charge >= 0.3 is 5.97 Å². The molecule has 0 amide bonds. The molecule has 0 aromatic carbocycles. The summed E-state index contributed by atoms with van der Waals surface area (Å²) in [4.78, 5) is 10.5. The number of aliphatic carboxylic acids is 1. The first-order chi connectivity index (χ1) is 6.66. The van der Waals surface area contributed by atoms with Crippen molar-refractivity contribution in [1.29, 1.82) is 0 Å². The van der Waals surface area contributed by atoms with E-state index < -0.39 is 5.97 Å². The quantitative estimate of drug-likeness (QED) is 0.738. The molecule has 1 aromatic rings. The summed E-state index contributed by atoms with van der Waals surface area (Å²) in [6.07, 6.45) is 0.672. The third-order valence-corrected chi connectivity index (χ3v) is 2.24. The molecule has 0 spiro atoms. The van der Waals surface area contributed by atoms with E-state index >= 15 is 0 Å². The highest BCUT2D eigenvalue weighted by atomic mass is 16.4. The van der Waals surface area contributed by atoms with Crippen molar-refractivity contribution < 1.29 is 9.90 Å². The first-order valence-corrected chi connectivity index (χ1v) is 4.46. The summed E-state index contributed by atoms with van der Waals surface area (Å²) in [6, 6.07) is 3.66. The van der Waals surface area contributed by atoms with Gasteiger partial charge in [0.05, 0.1) is 11.6 Å². The Morgan fingerprint density at radius 1 is 1.57 bits per heavy atom. The summed E-state index contributed by atoms with van der Waals surface area (Å²) in [5.74, 6) is -0.370. The number of carboxylic acids is 1. The first kappa shape index (κ1) is 8.93. The van der Waals surface area contributed by atoms with Gasteiger partial charge < -0.3 is 10.4 Å². The Morgan fingerprint density at radius 3 is 2.86 bits per heavy atom. The van der Waals surface area contributed by atoms with Crippen molar-refractivity contribution in [2.45, 2.75) is 19.4 Å². The number of hydrogen-bond donors (Lipinski definition) is 2. The Bertz CT molecular complexity index is 350. The fraction of sp³-hybridized carbons (Fsp3) is 0.444. The van der Waals surface area contributed by atoms with Gasteiger partial charge in [-0.1, -0.05) is 0 Å². The van der Waals surface area contributed by atoms with Crippen molar-refractivity contribution in [3.8, 4) is 0 Å². The van der Waals surface area contributed by atoms with E-state index in [1.165, 1.54) is 0 Å². The Balaban J connectivity index is 1.94. The second kappa shape index (κ2) is 3.25. The van der Waals surface area contributed by atoms with Crippen molar-refractivity contribution >= 4 is 11.8 Å². The van der Waals surface area contributed by atoms with Crippen molar-refractivity contribution in [3.05, 3.63) is 17.8 Å². The zero-order chi connectivity index (χ0) is 10.1. The fourth-order valence-electron chi connectivity index (χ4n) is 1.29. The van der Waals surface area contributed by atoms with Crippen LogP contribution in [0.25, 0.3) is 0 Å². The lowest BCUT2D eigenvalue weighted by Gasteiger charge is -2.02. The van der Waals surface area contributed by atoms with Crippen LogP contribution in [0.1, 0.15) is 12.1 Å². The summed E-state index contributed by atoms with van der Waals surface area (Å²) in [6.45, 7) is 1.86. The van der Waals surface area contributed by atoms with E-state index in [-0.39, 0.29) is 12.0 Å². The van der Waals surface area contributed by atoms with E-state index in [1.54, 1.807) is 6.07 Å². The highest BCUT2D eigenvalue weighted by Gasteiger charge is 2.43. The molecule has 1 heterocycles. The van der Waals surface area contributed by atoms with Crippen LogP contribution in [0, 0.1) is 12.8 Å². The lowest BCUT2D eigenvalue weighted by atomic mass is 10.4. The minimum absolute atomic E-state index is 0.0181. The highest BCUT2D eigenvalue weighted by Crippen LogP contribution is 2.32. The van der Waals surface area contributed by atoms with Crippen LogP contribution in [0.15, 0.2) is 12.1 Å². The van der Waals surface area contributed by atoms with Gasteiger partial charge in [0.2, 0.25) is 0 Å². The molecule has 1 fully saturated rings. The monoisotopic (exact) mass is 193 g/mol. The molecule has 1 aromatic heterocycles. The molecule has 1 aliphatic rings. The van der Waals surface area contributed by atoms with Gasteiger partial charge in [-0.25, -0.2) is 0 Å². The minimum atomic E-state index is -0.748. The maximum Gasteiger partial charge on any atom is 0.308 e. The predicted octanol–water partition coefficient (Wildman–Crippen LogP) is 0.670. The highest BCUT2D eigenvalue weighted by molar-refractivity contribution is 5.75. The van der Waals surface area contributed by atoms with Crippen LogP contribution in [0.4, 0.5) is 5.82 Å². The number of nitrogens with one attached hydrogen (secondary N) is 1. The third kappa shape index (κ3) is 1.81. The van der Waals surface area contributed by atoms with Gasteiger partial charge in [0.15, 0.2) is 0 Å². The number of hydrogen-bond acceptors (Lipinski definition) is 4. The number of aryl methyl sites for hydroxylation is 1. The second-order valence-electron chi connectivity index (χ2n) is 3.49. The summed E-state index contributed by atoms with van der Waals surface area (Å²) in [5.41, 5.74) is 0.848. The van der Waals surface area contributed by atoms with Gasteiger partial charge in [-0.2, -0.15) is 5.10 Å². The van der Waals surface area contributed by atoms with Crippen LogP contribution in [-0.4, -0.2) is 27.3 Å². The van der Waals surface area contributed by atoms with Crippen molar-refractivity contribution in [3.63, 3.8) is 0 Å². The Hall–Kier alpha value is -1.65. The number of nitrogens with zero attached hydrogens (tertiary/aromatic N) is 2. The predicted molar refractivity (Wildman–Crippen MR) is 49.9 cm³/mol. The Morgan fingerprint density at radius 2 is 2.36 bits per heavy atom. The topological polar surface area (TPSA) is 75.1 Å². The maximum atomic E-state index is 10.5. The van der Waals surface area contributed by atoms with E-state index in [2.05, 4.69) is 15.5 Å². The van der Waals surface area contributed by atoms with E-state index in [0.717, 1.165) is 5.69 Å². The van der Waals surface area contributed by atoms with Gasteiger partial charge in [0.1, 0.15) is 5.82 Å². The number of rotatable bonds is 3. The summed E-state index contributed by atoms with van der Waals surface area (Å²) >= 11 is 0. The molecule has 2 unspecified atom stereocenters. The van der Waals surface area contributed by atoms with Crippen LogP contribution >= 0.6 is 0 Å². The number of carbonyl (C=O) groups is 1. The lowest BCUT2D eigenvalue weighted by Crippen LogP contribution is -2.11. The van der Waals surface area contributed by atoms with Crippen molar-refractivity contribution in [2.24, 2.45) is 5.92 Å². The number of anilines is 1. The van der Waals surface area contributed by atoms with Crippen LogP contribution in [-0.2, 0) is 4.79 Å². The molecule has 2 rings (SSSR count). The smallest absolute Gasteiger partial charge is 0.308 e. The molecule has 1 saturated carbocycles. The molecule has 5 heteroatoms. The zero-order valence-electron chi connectivity index (χ0n) is 7.77. The summed E-state index contributed by atoms with van der Waals surface area (Å²) in [7, 11) is 0. The first-order valence-electron chi connectivity index (χ1n) is 4.46. The molecule has 74 valence electrons. The standard InChI is InChI=1S/C9H11N3O2/c1-5-2-3-8(12-11-5)10-7-4-6(7)9(13)14/h2-3,6-7H,4H2,1H3,(H,10,12)(H,13,14). The van der Waals surface area contributed by atoms with Crippen LogP contribution in [0.5, 0.6) is 0 Å². The minimum Gasteiger partial charge on any atom is -0.481 e. The van der Waals surface area contributed by atoms with Crippen LogP contribution in [0.3, 0.4) is 0 Å². The number of carboxylic acid groups (broad SMARTS) is 1. The molecule has 0 aliphatic heterocycles. The summed E-state index contributed by atoms with van der Waals surface area (Å²) < 4.78 is 0. The molecule has 1 aliphatic carbocycles. The Labute approximate surface area is 81.2 Å². The molecule has 14 heavy (non-hydrogen) atoms. The van der Waals surface area contributed by atoms with E-state index in [0.29, 0.717) is 12.2 Å².